The van der Waals surface area contributed by atoms with E-state index in [9.17, 15) is 0 Å². The maximum Gasteiger partial charge on any atom is 0.191 e. The second-order valence-corrected chi connectivity index (χ2v) is 7.70. The van der Waals surface area contributed by atoms with Gasteiger partial charge in [0, 0.05) is 42.6 Å². The maximum absolute atomic E-state index is 15.2. The first kappa shape index (κ1) is 19.8. The van der Waals surface area contributed by atoms with Crippen molar-refractivity contribution in [3.05, 3.63) is 90.4 Å². The van der Waals surface area contributed by atoms with Crippen LogP contribution in [-0.2, 0) is 13.6 Å². The normalized spacial score (nSPS) is 11.1. The molecule has 0 fully saturated rings. The number of hydrogen-bond acceptors (Lipinski definition) is 5. The molecule has 7 heteroatoms. The Kier molecular flexibility index (Phi) is 5.07. The minimum absolute atomic E-state index is 0.176. The molecule has 0 aliphatic carbocycles. The summed E-state index contributed by atoms with van der Waals surface area (Å²) < 4.78 is 16.9. The van der Waals surface area contributed by atoms with Gasteiger partial charge in [-0.2, -0.15) is 5.10 Å². The van der Waals surface area contributed by atoms with Gasteiger partial charge in [-0.05, 0) is 47.9 Å². The van der Waals surface area contributed by atoms with Gasteiger partial charge >= 0.3 is 0 Å². The number of rotatable bonds is 5. The largest absolute Gasteiger partial charge is 0.363 e. The van der Waals surface area contributed by atoms with Gasteiger partial charge < -0.3 is 5.32 Å². The van der Waals surface area contributed by atoms with Crippen LogP contribution in [0.5, 0.6) is 0 Å². The van der Waals surface area contributed by atoms with E-state index in [0.29, 0.717) is 12.1 Å². The second-order valence-electron chi connectivity index (χ2n) is 7.70. The van der Waals surface area contributed by atoms with Crippen LogP contribution < -0.4 is 5.32 Å². The van der Waals surface area contributed by atoms with Crippen molar-refractivity contribution in [3.8, 4) is 22.4 Å². The molecule has 0 unspecified atom stereocenters. The van der Waals surface area contributed by atoms with E-state index in [0.717, 1.165) is 33.3 Å². The molecule has 6 nitrogen and oxygen atoms in total. The lowest BCUT2D eigenvalue weighted by atomic mass is 10.0. The van der Waals surface area contributed by atoms with Crippen LogP contribution >= 0.6 is 0 Å². The molecule has 32 heavy (non-hydrogen) atoms. The van der Waals surface area contributed by atoms with Crippen LogP contribution in [0.1, 0.15) is 11.3 Å². The average Bonchev–Trinajstić information content (AvgIpc) is 3.18. The summed E-state index contributed by atoms with van der Waals surface area (Å²) in [6.45, 7) is 2.42. The van der Waals surface area contributed by atoms with Crippen molar-refractivity contribution >= 4 is 16.7 Å². The number of halogens is 1. The average molecular weight is 424 g/mol. The molecule has 0 amide bonds. The molecule has 3 heterocycles. The third-order valence-corrected chi connectivity index (χ3v) is 5.33. The molecule has 2 aromatic carbocycles. The summed E-state index contributed by atoms with van der Waals surface area (Å²) in [5.74, 6) is -0.297. The standard InChI is InChI=1S/C25H21FN6/c1-16-11-19(9-10-27-16)18-5-3-17(4-6-18)13-28-25-23(26)24(29-15-30-25)20-7-8-22-21(12-20)14-32(2)31-22/h3-12,14-15H,13H2,1-2H3,(H,28,29,30). The molecule has 0 aliphatic rings. The Bertz CT molecular complexity index is 1410. The van der Waals surface area contributed by atoms with Crippen molar-refractivity contribution in [2.24, 2.45) is 7.05 Å². The smallest absolute Gasteiger partial charge is 0.191 e. The van der Waals surface area contributed by atoms with Gasteiger partial charge in [-0.3, -0.25) is 9.67 Å². The van der Waals surface area contributed by atoms with Crippen molar-refractivity contribution in [2.45, 2.75) is 13.5 Å². The van der Waals surface area contributed by atoms with Crippen LogP contribution in [0.3, 0.4) is 0 Å². The van der Waals surface area contributed by atoms with Crippen LogP contribution in [0.4, 0.5) is 10.2 Å². The van der Waals surface area contributed by atoms with E-state index in [-0.39, 0.29) is 11.5 Å². The number of hydrogen-bond donors (Lipinski definition) is 1. The monoisotopic (exact) mass is 424 g/mol. The molecule has 1 N–H and O–H groups in total. The van der Waals surface area contributed by atoms with Gasteiger partial charge in [0.15, 0.2) is 11.6 Å². The van der Waals surface area contributed by atoms with Crippen molar-refractivity contribution < 1.29 is 4.39 Å². The van der Waals surface area contributed by atoms with Crippen LogP contribution in [-0.4, -0.2) is 24.7 Å². The highest BCUT2D eigenvalue weighted by molar-refractivity contribution is 5.83. The van der Waals surface area contributed by atoms with E-state index in [1.165, 1.54) is 6.33 Å². The molecule has 158 valence electrons. The summed E-state index contributed by atoms with van der Waals surface area (Å²) in [6, 6.07) is 17.8. The fraction of sp³-hybridized carbons (Fsp3) is 0.120. The quantitative estimate of drug-likeness (QED) is 0.422. The zero-order valence-electron chi connectivity index (χ0n) is 17.7. The number of anilines is 1. The van der Waals surface area contributed by atoms with Gasteiger partial charge in [0.2, 0.25) is 0 Å². The highest BCUT2D eigenvalue weighted by atomic mass is 19.1. The van der Waals surface area contributed by atoms with E-state index in [1.54, 1.807) is 4.68 Å². The van der Waals surface area contributed by atoms with Crippen LogP contribution in [0.25, 0.3) is 33.3 Å². The molecule has 0 bridgehead atoms. The zero-order chi connectivity index (χ0) is 22.1. The minimum Gasteiger partial charge on any atom is -0.363 e. The summed E-state index contributed by atoms with van der Waals surface area (Å²) in [5, 5.41) is 8.38. The van der Waals surface area contributed by atoms with Gasteiger partial charge in [-0.1, -0.05) is 30.3 Å². The predicted molar refractivity (Wildman–Crippen MR) is 123 cm³/mol. The Morgan fingerprint density at radius 3 is 2.53 bits per heavy atom. The van der Waals surface area contributed by atoms with Crippen molar-refractivity contribution in [1.82, 2.24) is 24.7 Å². The number of aromatic nitrogens is 5. The maximum atomic E-state index is 15.2. The van der Waals surface area contributed by atoms with Crippen LogP contribution in [0.15, 0.2) is 73.3 Å². The summed E-state index contributed by atoms with van der Waals surface area (Å²) in [5.41, 5.74) is 6.04. The second kappa shape index (κ2) is 8.19. The number of nitrogens with zero attached hydrogens (tertiary/aromatic N) is 5. The first-order valence-electron chi connectivity index (χ1n) is 10.3. The lowest BCUT2D eigenvalue weighted by Gasteiger charge is -2.10. The lowest BCUT2D eigenvalue weighted by Crippen LogP contribution is -2.05. The van der Waals surface area contributed by atoms with E-state index in [1.807, 2.05) is 68.8 Å². The number of aryl methyl sites for hydroxylation is 2. The Morgan fingerprint density at radius 1 is 0.906 bits per heavy atom. The van der Waals surface area contributed by atoms with Crippen LogP contribution in [0, 0.1) is 12.7 Å². The predicted octanol–water partition coefficient (Wildman–Crippen LogP) is 5.15. The molecule has 5 rings (SSSR count). The van der Waals surface area contributed by atoms with Crippen LogP contribution in [0.2, 0.25) is 0 Å². The van der Waals surface area contributed by atoms with E-state index >= 15 is 4.39 Å². The molecule has 3 aromatic heterocycles. The third kappa shape index (κ3) is 3.92. The lowest BCUT2D eigenvalue weighted by molar-refractivity contribution is 0.621. The zero-order valence-corrected chi connectivity index (χ0v) is 17.7. The van der Waals surface area contributed by atoms with E-state index in [2.05, 4.69) is 37.5 Å². The summed E-state index contributed by atoms with van der Waals surface area (Å²) in [4.78, 5) is 12.5. The molecule has 0 spiro atoms. The molecule has 0 saturated carbocycles. The first-order chi connectivity index (χ1) is 15.6. The first-order valence-corrected chi connectivity index (χ1v) is 10.3. The summed E-state index contributed by atoms with van der Waals surface area (Å²) >= 11 is 0. The molecular formula is C25H21FN6. The molecule has 0 aliphatic heterocycles. The third-order valence-electron chi connectivity index (χ3n) is 5.33. The minimum atomic E-state index is -0.473. The summed E-state index contributed by atoms with van der Waals surface area (Å²) in [7, 11) is 1.86. The van der Waals surface area contributed by atoms with Gasteiger partial charge in [-0.25, -0.2) is 14.4 Å². The molecule has 0 saturated heterocycles. The van der Waals surface area contributed by atoms with Crippen molar-refractivity contribution in [3.63, 3.8) is 0 Å². The number of fused-ring (bicyclic) bond motifs is 1. The van der Waals surface area contributed by atoms with Crippen molar-refractivity contribution in [2.75, 3.05) is 5.32 Å². The topological polar surface area (TPSA) is 68.5 Å². The molecule has 5 aromatic rings. The van der Waals surface area contributed by atoms with Gasteiger partial charge in [-0.15, -0.1) is 0 Å². The Morgan fingerprint density at radius 2 is 1.72 bits per heavy atom. The highest BCUT2D eigenvalue weighted by Gasteiger charge is 2.14. The Labute approximate surface area is 184 Å². The molecule has 0 radical (unpaired) electrons. The fourth-order valence-corrected chi connectivity index (χ4v) is 3.72. The highest BCUT2D eigenvalue weighted by Crippen LogP contribution is 2.27. The number of pyridine rings is 1. The Balaban J connectivity index is 1.34. The van der Waals surface area contributed by atoms with Gasteiger partial charge in [0.1, 0.15) is 12.0 Å². The van der Waals surface area contributed by atoms with E-state index in [4.69, 9.17) is 0 Å². The molecular weight excluding hydrogens is 403 g/mol. The van der Waals surface area contributed by atoms with Crippen molar-refractivity contribution in [1.29, 1.82) is 0 Å². The number of benzene rings is 2. The summed E-state index contributed by atoms with van der Waals surface area (Å²) in [6.07, 6.45) is 5.08. The Hall–Kier alpha value is -4.13. The SMILES string of the molecule is Cc1cc(-c2ccc(CNc3ncnc(-c4ccc5nn(C)cc5c4)c3F)cc2)ccn1. The molecule has 0 atom stereocenters. The van der Waals surface area contributed by atoms with Gasteiger partial charge in [0.25, 0.3) is 0 Å². The fourth-order valence-electron chi connectivity index (χ4n) is 3.72. The van der Waals surface area contributed by atoms with E-state index < -0.39 is 5.82 Å². The number of nitrogens with one attached hydrogen (secondary N) is 1. The van der Waals surface area contributed by atoms with Gasteiger partial charge in [0.05, 0.1) is 5.52 Å².